The highest BCUT2D eigenvalue weighted by molar-refractivity contribution is 8.01. The Morgan fingerprint density at radius 3 is 2.39 bits per heavy atom. The third kappa shape index (κ3) is 6.76. The van der Waals surface area contributed by atoms with E-state index in [-0.39, 0.29) is 18.2 Å². The minimum absolute atomic E-state index is 0.0358. The van der Waals surface area contributed by atoms with E-state index in [1.165, 1.54) is 11.8 Å². The number of thioether (sulfide) groups is 1. The third-order valence-electron chi connectivity index (χ3n) is 8.26. The zero-order valence-electron chi connectivity index (χ0n) is 24.0. The van der Waals surface area contributed by atoms with Gasteiger partial charge in [-0.3, -0.25) is 14.5 Å². The summed E-state index contributed by atoms with van der Waals surface area (Å²) in [5, 5.41) is 5.97. The van der Waals surface area contributed by atoms with Crippen molar-refractivity contribution >= 4 is 69.3 Å². The molecule has 230 valence electrons. The second-order valence-corrected chi connectivity index (χ2v) is 13.9. The lowest BCUT2D eigenvalue weighted by molar-refractivity contribution is -0.129. The lowest BCUT2D eigenvalue weighted by Crippen LogP contribution is -2.48. The van der Waals surface area contributed by atoms with Crippen LogP contribution < -0.4 is 5.32 Å². The molecule has 2 fully saturated rings. The van der Waals surface area contributed by atoms with Crippen LogP contribution in [0.4, 0.5) is 0 Å². The summed E-state index contributed by atoms with van der Waals surface area (Å²) < 4.78 is 4.30. The number of morpholine rings is 1. The smallest absolute Gasteiger partial charge is 0.239 e. The van der Waals surface area contributed by atoms with E-state index >= 15 is 0 Å². The molecule has 3 aromatic carbocycles. The summed E-state index contributed by atoms with van der Waals surface area (Å²) in [6.07, 6.45) is 2.74. The van der Waals surface area contributed by atoms with Crippen LogP contribution in [0.25, 0.3) is 10.9 Å². The lowest BCUT2D eigenvalue weighted by atomic mass is 9.91. The first-order valence-electron chi connectivity index (χ1n) is 14.7. The van der Waals surface area contributed by atoms with E-state index in [9.17, 15) is 9.59 Å². The van der Waals surface area contributed by atoms with E-state index in [1.807, 2.05) is 77.8 Å². The van der Waals surface area contributed by atoms with Crippen LogP contribution in [-0.2, 0) is 20.9 Å². The van der Waals surface area contributed by atoms with Gasteiger partial charge in [-0.2, -0.15) is 0 Å². The molecule has 0 spiro atoms. The molecule has 0 saturated carbocycles. The first-order valence-corrected chi connectivity index (χ1v) is 16.6. The zero-order chi connectivity index (χ0) is 30.7. The van der Waals surface area contributed by atoms with Crippen LogP contribution in [0.15, 0.2) is 77.8 Å². The highest BCUT2D eigenvalue weighted by atomic mass is 35.5. The van der Waals surface area contributed by atoms with Crippen molar-refractivity contribution in [1.29, 1.82) is 0 Å². The van der Waals surface area contributed by atoms with Gasteiger partial charge in [0.15, 0.2) is 0 Å². The van der Waals surface area contributed by atoms with Crippen LogP contribution >= 0.6 is 46.6 Å². The summed E-state index contributed by atoms with van der Waals surface area (Å²) in [6, 6.07) is 19.9. The molecule has 6 rings (SSSR count). The van der Waals surface area contributed by atoms with Gasteiger partial charge in [0.25, 0.3) is 0 Å². The van der Waals surface area contributed by atoms with Gasteiger partial charge in [0.2, 0.25) is 11.8 Å². The van der Waals surface area contributed by atoms with Gasteiger partial charge in [0, 0.05) is 68.8 Å². The van der Waals surface area contributed by atoms with Crippen molar-refractivity contribution < 1.29 is 14.3 Å². The van der Waals surface area contributed by atoms with Gasteiger partial charge in [-0.1, -0.05) is 53.0 Å². The van der Waals surface area contributed by atoms with Gasteiger partial charge in [-0.15, -0.1) is 11.8 Å². The second kappa shape index (κ2) is 13.7. The standard InChI is InChI=1S/C33H33Cl3N4O3S/c34-23-4-2-22(3-5-23)21-40-30(41)19-33(44-26-9-6-24(35)7-10-26,32(42)37-12-1-13-39-14-16-43-17-15-39)31(40)28-20-38-29-18-25(36)8-11-27(28)29/h2-11,18,20,31,38H,1,12-17,19,21H2,(H,37,42)/t31-,33+/m1/s1. The number of rotatable bonds is 10. The maximum absolute atomic E-state index is 14.6. The number of hydrogen-bond acceptors (Lipinski definition) is 5. The van der Waals surface area contributed by atoms with Crippen molar-refractivity contribution in [2.45, 2.75) is 35.1 Å². The zero-order valence-corrected chi connectivity index (χ0v) is 27.1. The highest BCUT2D eigenvalue weighted by Crippen LogP contribution is 2.54. The lowest BCUT2D eigenvalue weighted by Gasteiger charge is -2.36. The minimum atomic E-state index is -1.16. The van der Waals surface area contributed by atoms with Crippen LogP contribution in [0.3, 0.4) is 0 Å². The summed E-state index contributed by atoms with van der Waals surface area (Å²) in [6.45, 7) is 4.95. The number of ether oxygens (including phenoxy) is 1. The van der Waals surface area contributed by atoms with E-state index in [1.54, 1.807) is 0 Å². The topological polar surface area (TPSA) is 77.7 Å². The molecule has 2 N–H and O–H groups in total. The highest BCUT2D eigenvalue weighted by Gasteiger charge is 2.58. The molecular weight excluding hydrogens is 639 g/mol. The Labute approximate surface area is 276 Å². The molecule has 11 heteroatoms. The van der Waals surface area contributed by atoms with E-state index in [0.29, 0.717) is 28.2 Å². The van der Waals surface area contributed by atoms with E-state index in [0.717, 1.165) is 66.2 Å². The normalized spacial score (nSPS) is 20.8. The number of carbonyl (C=O) groups is 2. The quantitative estimate of drug-likeness (QED) is 0.178. The SMILES string of the molecule is O=C1C[C@@](Sc2ccc(Cl)cc2)(C(=O)NCCCN2CCOCC2)[C@@H](c2c[nH]c3cc(Cl)ccc23)N1Cc1ccc(Cl)cc1. The van der Waals surface area contributed by atoms with Gasteiger partial charge >= 0.3 is 0 Å². The Kier molecular flexibility index (Phi) is 9.76. The van der Waals surface area contributed by atoms with Crippen LogP contribution in [0.5, 0.6) is 0 Å². The Morgan fingerprint density at radius 2 is 1.66 bits per heavy atom. The number of hydrogen-bond donors (Lipinski definition) is 2. The van der Waals surface area contributed by atoms with E-state index in [4.69, 9.17) is 39.5 Å². The number of nitrogens with zero attached hydrogens (tertiary/aromatic N) is 2. The van der Waals surface area contributed by atoms with Gasteiger partial charge in [-0.25, -0.2) is 0 Å². The van der Waals surface area contributed by atoms with E-state index in [2.05, 4.69) is 15.2 Å². The molecule has 4 aromatic rings. The van der Waals surface area contributed by atoms with Crippen LogP contribution in [-0.4, -0.2) is 70.7 Å². The number of amides is 2. The molecule has 0 bridgehead atoms. The fourth-order valence-electron chi connectivity index (χ4n) is 6.09. The summed E-state index contributed by atoms with van der Waals surface area (Å²) in [5.74, 6) is -0.266. The van der Waals surface area contributed by atoms with Crippen LogP contribution in [0.1, 0.15) is 30.0 Å². The molecule has 2 aliphatic rings. The molecule has 1 aromatic heterocycles. The van der Waals surface area contributed by atoms with Gasteiger partial charge in [0.05, 0.1) is 25.7 Å². The number of nitrogens with one attached hydrogen (secondary N) is 2. The first-order chi connectivity index (χ1) is 21.3. The molecule has 44 heavy (non-hydrogen) atoms. The number of carbonyl (C=O) groups excluding carboxylic acids is 2. The number of aromatic amines is 1. The minimum Gasteiger partial charge on any atom is -0.379 e. The Morgan fingerprint density at radius 1 is 0.977 bits per heavy atom. The predicted octanol–water partition coefficient (Wildman–Crippen LogP) is 6.97. The summed E-state index contributed by atoms with van der Waals surface area (Å²) in [4.78, 5) is 37.0. The maximum Gasteiger partial charge on any atom is 0.239 e. The number of H-pyrrole nitrogens is 1. The summed E-state index contributed by atoms with van der Waals surface area (Å²) in [7, 11) is 0. The molecule has 2 saturated heterocycles. The van der Waals surface area contributed by atoms with Crippen LogP contribution in [0.2, 0.25) is 15.1 Å². The van der Waals surface area contributed by atoms with Gasteiger partial charge in [0.1, 0.15) is 4.75 Å². The number of halogens is 3. The van der Waals surface area contributed by atoms with Crippen molar-refractivity contribution in [1.82, 2.24) is 20.1 Å². The van der Waals surface area contributed by atoms with Crippen LogP contribution in [0, 0.1) is 0 Å². The average Bonchev–Trinajstić information content (AvgIpc) is 3.55. The Hall–Kier alpha value is -2.72. The maximum atomic E-state index is 14.6. The monoisotopic (exact) mass is 670 g/mol. The van der Waals surface area contributed by atoms with Gasteiger partial charge < -0.3 is 19.9 Å². The number of benzene rings is 3. The largest absolute Gasteiger partial charge is 0.379 e. The number of likely N-dealkylation sites (tertiary alicyclic amines) is 1. The first kappa shape index (κ1) is 31.3. The predicted molar refractivity (Wildman–Crippen MR) is 178 cm³/mol. The molecule has 2 aliphatic heterocycles. The molecule has 7 nitrogen and oxygen atoms in total. The molecule has 2 atom stereocenters. The Balaban J connectivity index is 1.39. The van der Waals surface area contributed by atoms with Crippen molar-refractivity contribution in [2.75, 3.05) is 39.4 Å². The Bertz CT molecular complexity index is 1630. The molecule has 0 radical (unpaired) electrons. The number of aromatic nitrogens is 1. The molecule has 3 heterocycles. The molecule has 2 amide bonds. The molecule has 0 unspecified atom stereocenters. The van der Waals surface area contributed by atoms with Gasteiger partial charge in [-0.05, 0) is 67.1 Å². The fourth-order valence-corrected chi connectivity index (χ4v) is 7.93. The molecular formula is C33H33Cl3N4O3S. The van der Waals surface area contributed by atoms with Crippen molar-refractivity contribution in [3.63, 3.8) is 0 Å². The molecule has 0 aliphatic carbocycles. The summed E-state index contributed by atoms with van der Waals surface area (Å²) in [5.41, 5.74) is 2.63. The van der Waals surface area contributed by atoms with Crippen molar-refractivity contribution in [3.05, 3.63) is 99.1 Å². The third-order valence-corrected chi connectivity index (χ3v) is 10.4. The summed E-state index contributed by atoms with van der Waals surface area (Å²) >= 11 is 20.1. The second-order valence-electron chi connectivity index (χ2n) is 11.2. The fraction of sp³-hybridized carbons (Fsp3) is 0.333. The number of fused-ring (bicyclic) bond motifs is 1. The van der Waals surface area contributed by atoms with Crippen molar-refractivity contribution in [3.8, 4) is 0 Å². The van der Waals surface area contributed by atoms with Crippen molar-refractivity contribution in [2.24, 2.45) is 0 Å². The average molecular weight is 672 g/mol. The van der Waals surface area contributed by atoms with E-state index < -0.39 is 10.8 Å².